The lowest BCUT2D eigenvalue weighted by Gasteiger charge is -2.05. The first-order chi connectivity index (χ1) is 6.34. The molecule has 0 aromatic rings. The largest absolute Gasteiger partial charge is 0.457 e. The third kappa shape index (κ3) is 2.85. The van der Waals surface area contributed by atoms with Gasteiger partial charge in [-0.25, -0.2) is 13.2 Å². The SMILES string of the molecule is C=CCOC(=O)C(=C)S(=O)(=O)C(=C)C. The van der Waals surface area contributed by atoms with Crippen LogP contribution in [0, 0.1) is 0 Å². The molecule has 0 bridgehead atoms. The van der Waals surface area contributed by atoms with E-state index in [9.17, 15) is 13.2 Å². The second kappa shape index (κ2) is 4.76. The molecule has 0 aromatic carbocycles. The van der Waals surface area contributed by atoms with E-state index in [-0.39, 0.29) is 11.5 Å². The summed E-state index contributed by atoms with van der Waals surface area (Å²) in [5.41, 5.74) is 0. The number of carbonyl (C=O) groups is 1. The first kappa shape index (κ1) is 12.6. The molecule has 0 unspecified atom stereocenters. The molecule has 0 aliphatic carbocycles. The normalized spacial score (nSPS) is 10.4. The maximum Gasteiger partial charge on any atom is 0.349 e. The Hall–Kier alpha value is -1.36. The predicted octanol–water partition coefficient (Wildman–Crippen LogP) is 1.18. The molecule has 0 aliphatic heterocycles. The molecule has 0 rings (SSSR count). The van der Waals surface area contributed by atoms with Gasteiger partial charge in [-0.2, -0.15) is 0 Å². The van der Waals surface area contributed by atoms with Crippen molar-refractivity contribution in [1.82, 2.24) is 0 Å². The minimum absolute atomic E-state index is 0.0520. The van der Waals surface area contributed by atoms with Crippen LogP contribution in [0.3, 0.4) is 0 Å². The molecule has 0 radical (unpaired) electrons. The summed E-state index contributed by atoms with van der Waals surface area (Å²) in [5.74, 6) is -0.979. The van der Waals surface area contributed by atoms with Gasteiger partial charge in [-0.1, -0.05) is 25.8 Å². The van der Waals surface area contributed by atoms with Crippen molar-refractivity contribution in [2.45, 2.75) is 6.92 Å². The van der Waals surface area contributed by atoms with Crippen LogP contribution < -0.4 is 0 Å². The van der Waals surface area contributed by atoms with Crippen LogP contribution in [0.5, 0.6) is 0 Å². The van der Waals surface area contributed by atoms with E-state index >= 15 is 0 Å². The number of carbonyl (C=O) groups excluding carboxylic acids is 1. The molecule has 0 N–H and O–H groups in total. The lowest BCUT2D eigenvalue weighted by molar-refractivity contribution is -0.136. The topological polar surface area (TPSA) is 60.4 Å². The van der Waals surface area contributed by atoms with Gasteiger partial charge in [0.1, 0.15) is 11.5 Å². The number of rotatable bonds is 5. The van der Waals surface area contributed by atoms with Gasteiger partial charge in [0.15, 0.2) is 0 Å². The zero-order chi connectivity index (χ0) is 11.4. The summed E-state index contributed by atoms with van der Waals surface area (Å²) in [5, 5.41) is 0. The zero-order valence-corrected chi connectivity index (χ0v) is 8.76. The van der Waals surface area contributed by atoms with Crippen LogP contribution in [-0.2, 0) is 19.4 Å². The minimum Gasteiger partial charge on any atom is -0.457 e. The molecule has 0 amide bonds. The number of sulfone groups is 1. The molecule has 0 saturated carbocycles. The Morgan fingerprint density at radius 2 is 1.93 bits per heavy atom. The zero-order valence-electron chi connectivity index (χ0n) is 7.95. The average Bonchev–Trinajstić information content (AvgIpc) is 2.12. The lowest BCUT2D eigenvalue weighted by Crippen LogP contribution is -2.15. The molecule has 14 heavy (non-hydrogen) atoms. The van der Waals surface area contributed by atoms with E-state index in [2.05, 4.69) is 24.5 Å². The second-order valence-corrected chi connectivity index (χ2v) is 4.71. The smallest absolute Gasteiger partial charge is 0.349 e. The van der Waals surface area contributed by atoms with Crippen molar-refractivity contribution < 1.29 is 17.9 Å². The molecule has 78 valence electrons. The van der Waals surface area contributed by atoms with Crippen LogP contribution in [-0.4, -0.2) is 21.0 Å². The predicted molar refractivity (Wildman–Crippen MR) is 54.0 cm³/mol. The molecule has 0 atom stereocenters. The third-order valence-corrected chi connectivity index (χ3v) is 3.08. The molecular weight excluding hydrogens is 204 g/mol. The van der Waals surface area contributed by atoms with E-state index in [0.717, 1.165) is 0 Å². The molecule has 0 fully saturated rings. The van der Waals surface area contributed by atoms with Gasteiger partial charge < -0.3 is 4.74 Å². The minimum atomic E-state index is -3.80. The van der Waals surface area contributed by atoms with Gasteiger partial charge in [0.2, 0.25) is 9.84 Å². The monoisotopic (exact) mass is 216 g/mol. The van der Waals surface area contributed by atoms with Crippen molar-refractivity contribution in [2.24, 2.45) is 0 Å². The lowest BCUT2D eigenvalue weighted by atomic mass is 10.6. The first-order valence-corrected chi connectivity index (χ1v) is 5.20. The third-order valence-electron chi connectivity index (χ3n) is 1.34. The Bertz CT molecular complexity index is 376. The van der Waals surface area contributed by atoms with Crippen molar-refractivity contribution >= 4 is 15.8 Å². The van der Waals surface area contributed by atoms with Crippen LogP contribution in [0.4, 0.5) is 0 Å². The summed E-state index contributed by atoms with van der Waals surface area (Å²) < 4.78 is 27.1. The Kier molecular flexibility index (Phi) is 4.30. The maximum absolute atomic E-state index is 11.3. The Labute approximate surface area is 83.5 Å². The molecule has 0 spiro atoms. The second-order valence-electron chi connectivity index (χ2n) is 2.52. The number of allylic oxidation sites excluding steroid dienone is 1. The van der Waals surface area contributed by atoms with Crippen molar-refractivity contribution in [3.05, 3.63) is 35.6 Å². The van der Waals surface area contributed by atoms with E-state index in [1.165, 1.54) is 13.0 Å². The van der Waals surface area contributed by atoms with Crippen LogP contribution in [0.2, 0.25) is 0 Å². The van der Waals surface area contributed by atoms with Gasteiger partial charge in [0, 0.05) is 4.91 Å². The van der Waals surface area contributed by atoms with E-state index in [4.69, 9.17) is 0 Å². The van der Waals surface area contributed by atoms with Crippen molar-refractivity contribution in [3.8, 4) is 0 Å². The highest BCUT2D eigenvalue weighted by atomic mass is 32.2. The first-order valence-electron chi connectivity index (χ1n) is 3.71. The summed E-state index contributed by atoms with van der Waals surface area (Å²) in [7, 11) is -3.80. The van der Waals surface area contributed by atoms with E-state index in [1.807, 2.05) is 0 Å². The maximum atomic E-state index is 11.3. The number of hydrogen-bond acceptors (Lipinski definition) is 4. The fraction of sp³-hybridized carbons (Fsp3) is 0.222. The molecule has 0 heterocycles. The average molecular weight is 216 g/mol. The van der Waals surface area contributed by atoms with Gasteiger partial charge >= 0.3 is 5.97 Å². The van der Waals surface area contributed by atoms with Crippen molar-refractivity contribution in [1.29, 1.82) is 0 Å². The number of ether oxygens (including phenoxy) is 1. The number of hydrogen-bond donors (Lipinski definition) is 0. The highest BCUT2D eigenvalue weighted by molar-refractivity contribution is 7.99. The number of esters is 1. The van der Waals surface area contributed by atoms with E-state index in [0.29, 0.717) is 0 Å². The van der Waals surface area contributed by atoms with E-state index < -0.39 is 20.7 Å². The Balaban J connectivity index is 4.72. The summed E-state index contributed by atoms with van der Waals surface area (Å²) in [4.78, 5) is 10.3. The highest BCUT2D eigenvalue weighted by Gasteiger charge is 2.24. The molecule has 5 heteroatoms. The van der Waals surface area contributed by atoms with Crippen LogP contribution in [0.25, 0.3) is 0 Å². The van der Waals surface area contributed by atoms with Gasteiger partial charge in [0.05, 0.1) is 0 Å². The van der Waals surface area contributed by atoms with Crippen LogP contribution in [0.15, 0.2) is 35.6 Å². The Morgan fingerprint density at radius 1 is 1.43 bits per heavy atom. The quantitative estimate of drug-likeness (QED) is 0.393. The van der Waals surface area contributed by atoms with Crippen molar-refractivity contribution in [3.63, 3.8) is 0 Å². The fourth-order valence-corrected chi connectivity index (χ4v) is 1.23. The fourth-order valence-electron chi connectivity index (χ4n) is 0.535. The van der Waals surface area contributed by atoms with Gasteiger partial charge in [-0.3, -0.25) is 0 Å². The van der Waals surface area contributed by atoms with Crippen LogP contribution >= 0.6 is 0 Å². The highest BCUT2D eigenvalue weighted by Crippen LogP contribution is 2.14. The van der Waals surface area contributed by atoms with Gasteiger partial charge in [-0.15, -0.1) is 0 Å². The molecular formula is C9H12O4S. The summed E-state index contributed by atoms with van der Waals surface area (Å²) >= 11 is 0. The van der Waals surface area contributed by atoms with Crippen LogP contribution in [0.1, 0.15) is 6.92 Å². The summed E-state index contributed by atoms with van der Waals surface area (Å²) in [6.45, 7) is 10.9. The summed E-state index contributed by atoms with van der Waals surface area (Å²) in [6.07, 6.45) is 1.33. The van der Waals surface area contributed by atoms with Gasteiger partial charge in [0.25, 0.3) is 0 Å². The van der Waals surface area contributed by atoms with E-state index in [1.54, 1.807) is 0 Å². The van der Waals surface area contributed by atoms with Gasteiger partial charge in [-0.05, 0) is 6.92 Å². The Morgan fingerprint density at radius 3 is 2.29 bits per heavy atom. The molecule has 0 saturated heterocycles. The standard InChI is InChI=1S/C9H12O4S/c1-5-6-13-9(10)8(4)14(11,12)7(2)3/h5H,1-2,4,6H2,3H3. The summed E-state index contributed by atoms with van der Waals surface area (Å²) in [6, 6.07) is 0. The molecule has 0 aliphatic rings. The molecule has 4 nitrogen and oxygen atoms in total. The molecule has 0 aromatic heterocycles. The van der Waals surface area contributed by atoms with Crippen molar-refractivity contribution in [2.75, 3.05) is 6.61 Å².